The average Bonchev–Trinajstić information content (AvgIpc) is 2.78. The average molecular weight is 400 g/mol. The van der Waals surface area contributed by atoms with Crippen molar-refractivity contribution in [2.75, 3.05) is 5.32 Å². The molecule has 2 aromatic carbocycles. The van der Waals surface area contributed by atoms with Crippen LogP contribution in [-0.4, -0.2) is 6.04 Å². The molecule has 0 bridgehead atoms. The van der Waals surface area contributed by atoms with Crippen molar-refractivity contribution in [1.29, 1.82) is 0 Å². The summed E-state index contributed by atoms with van der Waals surface area (Å²) in [6.45, 7) is 8.51. The van der Waals surface area contributed by atoms with Gasteiger partial charge in [0.25, 0.3) is 0 Å². The van der Waals surface area contributed by atoms with E-state index in [0.717, 1.165) is 19.3 Å². The molecule has 3 rings (SSSR count). The van der Waals surface area contributed by atoms with E-state index in [2.05, 4.69) is 98.6 Å². The number of benzene rings is 2. The van der Waals surface area contributed by atoms with Gasteiger partial charge in [0, 0.05) is 11.6 Å². The third kappa shape index (κ3) is 6.76. The van der Waals surface area contributed by atoms with Crippen LogP contribution in [0.1, 0.15) is 57.1 Å². The predicted molar refractivity (Wildman–Crippen MR) is 132 cm³/mol. The normalized spacial score (nSPS) is 16.7. The van der Waals surface area contributed by atoms with Gasteiger partial charge in [-0.05, 0) is 67.9 Å². The number of unbranched alkanes of at least 4 members (excludes halogenated alkanes) is 1. The number of hydrogen-bond acceptors (Lipinski definition) is 1. The van der Waals surface area contributed by atoms with Crippen LogP contribution in [0.4, 0.5) is 5.69 Å². The molecule has 30 heavy (non-hydrogen) atoms. The summed E-state index contributed by atoms with van der Waals surface area (Å²) in [5.74, 6) is 0.496. The molecule has 0 saturated heterocycles. The maximum absolute atomic E-state index is 4.12. The molecule has 0 aliphatic heterocycles. The second-order valence-corrected chi connectivity index (χ2v) is 8.63. The summed E-state index contributed by atoms with van der Waals surface area (Å²) in [7, 11) is 0. The molecule has 1 aliphatic carbocycles. The summed E-state index contributed by atoms with van der Waals surface area (Å²) in [6.07, 6.45) is 15.2. The first-order chi connectivity index (χ1) is 14.7. The lowest BCUT2D eigenvalue weighted by atomic mass is 9.88. The number of aryl methyl sites for hydroxylation is 2. The second-order valence-electron chi connectivity index (χ2n) is 8.63. The van der Waals surface area contributed by atoms with Crippen LogP contribution in [0.5, 0.6) is 0 Å². The van der Waals surface area contributed by atoms with Gasteiger partial charge in [0.1, 0.15) is 0 Å². The third-order valence-electron chi connectivity index (χ3n) is 6.08. The Kier molecular flexibility index (Phi) is 8.56. The van der Waals surface area contributed by atoms with Gasteiger partial charge in [-0.15, -0.1) is 0 Å². The van der Waals surface area contributed by atoms with Crippen molar-refractivity contribution >= 4 is 5.69 Å². The van der Waals surface area contributed by atoms with Crippen molar-refractivity contribution in [3.63, 3.8) is 0 Å². The zero-order valence-electron chi connectivity index (χ0n) is 18.7. The molecule has 1 heteroatoms. The van der Waals surface area contributed by atoms with Crippen molar-refractivity contribution in [3.8, 4) is 0 Å². The van der Waals surface area contributed by atoms with Crippen molar-refractivity contribution in [2.45, 2.75) is 64.8 Å². The van der Waals surface area contributed by atoms with Gasteiger partial charge in [-0.3, -0.25) is 0 Å². The summed E-state index contributed by atoms with van der Waals surface area (Å²) < 4.78 is 0. The first-order valence-corrected chi connectivity index (χ1v) is 11.6. The molecular weight excluding hydrogens is 362 g/mol. The van der Waals surface area contributed by atoms with Gasteiger partial charge in [0.15, 0.2) is 0 Å². The quantitative estimate of drug-likeness (QED) is 0.378. The Morgan fingerprint density at radius 3 is 2.30 bits per heavy atom. The minimum atomic E-state index is 0.385. The first-order valence-electron chi connectivity index (χ1n) is 11.6. The van der Waals surface area contributed by atoms with Crippen molar-refractivity contribution in [1.82, 2.24) is 0 Å². The zero-order chi connectivity index (χ0) is 21.2. The van der Waals surface area contributed by atoms with Gasteiger partial charge in [-0.2, -0.15) is 0 Å². The molecule has 0 amide bonds. The van der Waals surface area contributed by atoms with Gasteiger partial charge in [-0.25, -0.2) is 0 Å². The zero-order valence-corrected chi connectivity index (χ0v) is 18.7. The van der Waals surface area contributed by atoms with Crippen molar-refractivity contribution in [2.24, 2.45) is 5.92 Å². The van der Waals surface area contributed by atoms with E-state index in [9.17, 15) is 0 Å². The molecule has 0 saturated carbocycles. The Morgan fingerprint density at radius 1 is 1.00 bits per heavy atom. The van der Waals surface area contributed by atoms with E-state index in [-0.39, 0.29) is 0 Å². The summed E-state index contributed by atoms with van der Waals surface area (Å²) in [6, 6.07) is 20.2. The summed E-state index contributed by atoms with van der Waals surface area (Å²) >= 11 is 0. The molecule has 2 unspecified atom stereocenters. The summed E-state index contributed by atoms with van der Waals surface area (Å²) in [4.78, 5) is 0. The van der Waals surface area contributed by atoms with Gasteiger partial charge in [0.2, 0.25) is 0 Å². The van der Waals surface area contributed by atoms with E-state index in [0.29, 0.717) is 12.0 Å². The lowest BCUT2D eigenvalue weighted by molar-refractivity contribution is 0.656. The lowest BCUT2D eigenvalue weighted by Crippen LogP contribution is -2.22. The van der Waals surface area contributed by atoms with Crippen molar-refractivity contribution in [3.05, 3.63) is 102 Å². The fraction of sp³-hybridized carbons (Fsp3) is 0.379. The van der Waals surface area contributed by atoms with Crippen LogP contribution in [0.15, 0.2) is 90.6 Å². The molecule has 0 aromatic heterocycles. The Hall–Kier alpha value is -2.54. The molecule has 1 N–H and O–H groups in total. The predicted octanol–water partition coefficient (Wildman–Crippen LogP) is 7.91. The van der Waals surface area contributed by atoms with Gasteiger partial charge in [0.05, 0.1) is 6.04 Å². The minimum absolute atomic E-state index is 0.385. The smallest absolute Gasteiger partial charge is 0.0510 e. The monoisotopic (exact) mass is 399 g/mol. The number of rotatable bonds is 11. The van der Waals surface area contributed by atoms with Crippen LogP contribution in [0.2, 0.25) is 0 Å². The number of nitrogens with one attached hydrogen (secondary N) is 1. The summed E-state index contributed by atoms with van der Waals surface area (Å²) in [5.41, 5.74) is 6.74. The lowest BCUT2D eigenvalue weighted by Gasteiger charge is -2.25. The first kappa shape index (κ1) is 22.2. The number of anilines is 1. The van der Waals surface area contributed by atoms with E-state index in [1.807, 2.05) is 0 Å². The second kappa shape index (κ2) is 11.6. The molecule has 158 valence electrons. The van der Waals surface area contributed by atoms with Crippen LogP contribution < -0.4 is 5.32 Å². The summed E-state index contributed by atoms with van der Waals surface area (Å²) in [5, 5.41) is 3.79. The van der Waals surface area contributed by atoms with Gasteiger partial charge in [-0.1, -0.05) is 92.6 Å². The molecule has 0 radical (unpaired) electrons. The maximum atomic E-state index is 4.12. The SMILES string of the molecule is C=C(C)C1C=CC(C(CCCC)Nc2ccc(CCCc3ccccc3)cc2)=CC1. The highest BCUT2D eigenvalue weighted by molar-refractivity contribution is 5.49. The van der Waals surface area contributed by atoms with E-state index >= 15 is 0 Å². The van der Waals surface area contributed by atoms with E-state index in [1.54, 1.807) is 0 Å². The molecule has 0 spiro atoms. The Balaban J connectivity index is 1.55. The maximum Gasteiger partial charge on any atom is 0.0510 e. The van der Waals surface area contributed by atoms with Gasteiger partial charge >= 0.3 is 0 Å². The topological polar surface area (TPSA) is 12.0 Å². The molecule has 0 heterocycles. The number of allylic oxidation sites excluding steroid dienone is 3. The van der Waals surface area contributed by atoms with Crippen molar-refractivity contribution < 1.29 is 0 Å². The van der Waals surface area contributed by atoms with Crippen LogP contribution >= 0.6 is 0 Å². The van der Waals surface area contributed by atoms with Crippen LogP contribution in [-0.2, 0) is 12.8 Å². The molecule has 2 atom stereocenters. The molecular formula is C29H37N. The van der Waals surface area contributed by atoms with Gasteiger partial charge < -0.3 is 5.32 Å². The molecule has 1 nitrogen and oxygen atoms in total. The third-order valence-corrected chi connectivity index (χ3v) is 6.08. The Bertz CT molecular complexity index is 842. The fourth-order valence-corrected chi connectivity index (χ4v) is 4.10. The molecule has 0 fully saturated rings. The van der Waals surface area contributed by atoms with Crippen LogP contribution in [0, 0.1) is 5.92 Å². The highest BCUT2D eigenvalue weighted by atomic mass is 14.9. The van der Waals surface area contributed by atoms with E-state index in [4.69, 9.17) is 0 Å². The molecule has 2 aromatic rings. The van der Waals surface area contributed by atoms with Crippen LogP contribution in [0.3, 0.4) is 0 Å². The molecule has 1 aliphatic rings. The fourth-order valence-electron chi connectivity index (χ4n) is 4.10. The van der Waals surface area contributed by atoms with E-state index < -0.39 is 0 Å². The minimum Gasteiger partial charge on any atom is -0.378 e. The number of hydrogen-bond donors (Lipinski definition) is 1. The van der Waals surface area contributed by atoms with E-state index in [1.165, 1.54) is 53.6 Å². The largest absolute Gasteiger partial charge is 0.378 e. The highest BCUT2D eigenvalue weighted by Crippen LogP contribution is 2.27. The Labute approximate surface area is 183 Å². The highest BCUT2D eigenvalue weighted by Gasteiger charge is 2.16. The Morgan fingerprint density at radius 2 is 1.70 bits per heavy atom. The van der Waals surface area contributed by atoms with Crippen LogP contribution in [0.25, 0.3) is 0 Å². The standard InChI is InChI=1S/C29H37N/c1-4-5-14-29(27-19-17-26(18-20-27)23(2)3)30-28-21-15-25(16-22-28)13-9-12-24-10-7-6-8-11-24/h6-8,10-11,15-17,19-22,26,29-30H,2,4-5,9,12-14,18H2,1,3H3.